The Hall–Kier alpha value is -4.29. The lowest BCUT2D eigenvalue weighted by Crippen LogP contribution is -2.74. The van der Waals surface area contributed by atoms with Crippen molar-refractivity contribution < 1.29 is 38.1 Å². The van der Waals surface area contributed by atoms with E-state index in [1.807, 2.05) is 26.1 Å². The Morgan fingerprint density at radius 3 is 2.59 bits per heavy atom. The smallest absolute Gasteiger partial charge is 0.325 e. The predicted octanol–water partition coefficient (Wildman–Crippen LogP) is 4.98. The van der Waals surface area contributed by atoms with E-state index in [9.17, 15) is 9.59 Å². The summed E-state index contributed by atoms with van der Waals surface area (Å²) in [6.07, 6.45) is 4.77. The van der Waals surface area contributed by atoms with E-state index in [0.29, 0.717) is 90.7 Å². The Balaban J connectivity index is 1.01. The molecule has 8 aliphatic heterocycles. The average Bonchev–Trinajstić information content (AvgIpc) is 4.00. The fraction of sp³-hybridized carbons (Fsp3) is 0.604. The van der Waals surface area contributed by atoms with E-state index >= 15 is 4.79 Å². The highest BCUT2D eigenvalue weighted by molar-refractivity contribution is 7.10. The van der Waals surface area contributed by atoms with Crippen molar-refractivity contribution in [2.75, 3.05) is 52.7 Å². The molecule has 3 aromatic heterocycles. The molecule has 0 unspecified atom stereocenters. The van der Waals surface area contributed by atoms with E-state index in [2.05, 4.69) is 63.7 Å². The van der Waals surface area contributed by atoms with Gasteiger partial charge in [0.15, 0.2) is 0 Å². The van der Waals surface area contributed by atoms with Crippen LogP contribution < -0.4 is 10.7 Å². The van der Waals surface area contributed by atoms with Crippen LogP contribution >= 0.6 is 11.3 Å². The van der Waals surface area contributed by atoms with Gasteiger partial charge in [-0.15, -0.1) is 11.3 Å². The second kappa shape index (κ2) is 15.1. The van der Waals surface area contributed by atoms with Crippen LogP contribution in [-0.4, -0.2) is 125 Å². The number of fused-ring (bicyclic) bond motifs is 10. The molecular weight excluding hydrogens is 835 g/mol. The summed E-state index contributed by atoms with van der Waals surface area (Å²) in [7, 11) is 0. The highest BCUT2D eigenvalue weighted by Crippen LogP contribution is 2.53. The topological polar surface area (TPSA) is 159 Å². The third kappa shape index (κ3) is 6.60. The van der Waals surface area contributed by atoms with Gasteiger partial charge in [-0.2, -0.15) is 0 Å². The Labute approximate surface area is 376 Å². The van der Waals surface area contributed by atoms with Crippen LogP contribution in [0.2, 0.25) is 0 Å². The van der Waals surface area contributed by atoms with Gasteiger partial charge in [0, 0.05) is 70.1 Å². The third-order valence-electron chi connectivity index (χ3n) is 15.6. The van der Waals surface area contributed by atoms with Gasteiger partial charge in [0.2, 0.25) is 0 Å². The lowest BCUT2D eigenvalue weighted by molar-refractivity contribution is -0.204. The van der Waals surface area contributed by atoms with E-state index in [1.165, 1.54) is 11.3 Å². The first-order valence-electron chi connectivity index (χ1n) is 23.2. The first kappa shape index (κ1) is 41.2. The van der Waals surface area contributed by atoms with Gasteiger partial charge in [-0.05, 0) is 87.6 Å². The van der Waals surface area contributed by atoms with Gasteiger partial charge < -0.3 is 33.6 Å². The number of benzene rings is 1. The predicted molar refractivity (Wildman–Crippen MR) is 236 cm³/mol. The normalized spacial score (nSPS) is 34.2. The number of ether oxygens (including phenoxy) is 5. The molecule has 2 amide bonds. The van der Waals surface area contributed by atoms with Crippen LogP contribution in [0.3, 0.4) is 0 Å². The van der Waals surface area contributed by atoms with Crippen molar-refractivity contribution in [2.45, 2.75) is 108 Å². The average molecular weight is 892 g/mol. The van der Waals surface area contributed by atoms with Crippen molar-refractivity contribution in [1.82, 2.24) is 35.2 Å². The number of hydrazine groups is 1. The summed E-state index contributed by atoms with van der Waals surface area (Å²) in [5.74, 6) is -0.541. The molecular formula is C48H57N7O8S. The zero-order chi connectivity index (χ0) is 43.7. The number of aromatic nitrogens is 3. The molecule has 2 aliphatic carbocycles. The lowest BCUT2D eigenvalue weighted by atomic mass is 9.71. The van der Waals surface area contributed by atoms with Gasteiger partial charge in [0.1, 0.15) is 22.7 Å². The number of nitrogens with one attached hydrogen (secondary N) is 2. The zero-order valence-electron chi connectivity index (χ0n) is 37.0. The molecule has 0 radical (unpaired) electrons. The monoisotopic (exact) mass is 891 g/mol. The number of rotatable bonds is 3. The van der Waals surface area contributed by atoms with Crippen LogP contribution in [0.5, 0.6) is 0 Å². The fourth-order valence-corrected chi connectivity index (χ4v) is 13.0. The number of hydrogen-bond acceptors (Lipinski definition) is 13. The number of thiazole rings is 1. The molecule has 2 saturated carbocycles. The van der Waals surface area contributed by atoms with Crippen LogP contribution in [-0.2, 0) is 51.0 Å². The summed E-state index contributed by atoms with van der Waals surface area (Å²) in [6.45, 7) is 13.3. The number of cyclic esters (lactones) is 1. The molecule has 14 rings (SSSR count). The summed E-state index contributed by atoms with van der Waals surface area (Å²) < 4.78 is 33.0. The molecule has 8 fully saturated rings. The van der Waals surface area contributed by atoms with Crippen molar-refractivity contribution in [2.24, 2.45) is 22.7 Å². The molecule has 1 spiro atoms. The van der Waals surface area contributed by atoms with Crippen LogP contribution in [0.25, 0.3) is 33.4 Å². The van der Waals surface area contributed by atoms with Gasteiger partial charge >= 0.3 is 5.97 Å². The number of carbonyl (C=O) groups is 3. The van der Waals surface area contributed by atoms with Crippen LogP contribution in [0.4, 0.5) is 0 Å². The molecule has 338 valence electrons. The molecule has 11 heterocycles. The highest BCUT2D eigenvalue weighted by Gasteiger charge is 2.62. The highest BCUT2D eigenvalue weighted by atomic mass is 32.1. The van der Waals surface area contributed by atoms with E-state index in [-0.39, 0.29) is 54.0 Å². The van der Waals surface area contributed by atoms with E-state index in [1.54, 1.807) is 5.01 Å². The van der Waals surface area contributed by atoms with Crippen LogP contribution in [0, 0.1) is 22.7 Å². The van der Waals surface area contributed by atoms with Gasteiger partial charge in [-0.25, -0.2) is 10.4 Å². The summed E-state index contributed by atoms with van der Waals surface area (Å²) >= 11 is 1.52. The molecule has 5 atom stereocenters. The lowest BCUT2D eigenvalue weighted by Gasteiger charge is -2.58. The second-order valence-electron chi connectivity index (χ2n) is 20.8. The standard InChI is InChI=1S/C48H57N7O8S/c1-26-30-17-48(18-30,63-26)45(58)51-39-41(53-21-47(22-53)24-60-25-47)42-50-35(20-64-42)28-7-8-36-33(16-28)34(40-32-6-5-9-49-37(32)27(2)61-13-12-59-11-10-54(36)40)19-46(3,4)23-62-44(57)38-29-14-31(15-29)55(52-38)43(39)56/h5-9,16,20,26-27,29-31,38-39,41,52H,10-15,17-19,21-25H2,1-4H3,(H,51,58)/t26-,27-,29?,30?,31?,38-,39-,41-,48?/m0/s1. The Kier molecular flexibility index (Phi) is 9.73. The van der Waals surface area contributed by atoms with Gasteiger partial charge in [-0.3, -0.25) is 29.3 Å². The summed E-state index contributed by atoms with van der Waals surface area (Å²) in [4.78, 5) is 56.8. The van der Waals surface area contributed by atoms with Gasteiger partial charge in [-0.1, -0.05) is 19.9 Å². The largest absolute Gasteiger partial charge is 0.464 e. The molecule has 16 heteroatoms. The van der Waals surface area contributed by atoms with Gasteiger partial charge in [0.25, 0.3) is 11.8 Å². The molecule has 64 heavy (non-hydrogen) atoms. The van der Waals surface area contributed by atoms with Crippen molar-refractivity contribution in [3.63, 3.8) is 0 Å². The minimum atomic E-state index is -1.00. The maximum atomic E-state index is 15.4. The van der Waals surface area contributed by atoms with Crippen molar-refractivity contribution >= 4 is 40.0 Å². The second-order valence-corrected chi connectivity index (χ2v) is 21.7. The summed E-state index contributed by atoms with van der Waals surface area (Å²) in [5.41, 5.74) is 8.77. The number of pyridine rings is 1. The van der Waals surface area contributed by atoms with Crippen molar-refractivity contribution in [3.05, 3.63) is 58.2 Å². The van der Waals surface area contributed by atoms with E-state index in [4.69, 9.17) is 33.7 Å². The fourth-order valence-electron chi connectivity index (χ4n) is 12.0. The van der Waals surface area contributed by atoms with E-state index in [0.717, 1.165) is 49.7 Å². The molecule has 15 nitrogen and oxygen atoms in total. The van der Waals surface area contributed by atoms with Crippen LogP contribution in [0.1, 0.15) is 81.8 Å². The third-order valence-corrected chi connectivity index (χ3v) is 16.5. The molecule has 10 aliphatic rings. The number of likely N-dealkylation sites (tertiary alicyclic amines) is 1. The Morgan fingerprint density at radius 1 is 1.00 bits per heavy atom. The maximum absolute atomic E-state index is 15.4. The Bertz CT molecular complexity index is 2530. The number of nitrogens with zero attached hydrogens (tertiary/aromatic N) is 5. The zero-order valence-corrected chi connectivity index (χ0v) is 37.8. The number of esters is 1. The number of carbonyl (C=O) groups excluding carboxylic acids is 3. The summed E-state index contributed by atoms with van der Waals surface area (Å²) in [5, 5.41) is 8.83. The van der Waals surface area contributed by atoms with Crippen molar-refractivity contribution in [3.8, 4) is 22.5 Å². The quantitative estimate of drug-likeness (QED) is 0.267. The first-order chi connectivity index (χ1) is 30.9. The first-order valence-corrected chi connectivity index (χ1v) is 24.1. The van der Waals surface area contributed by atoms with Gasteiger partial charge in [0.05, 0.1) is 75.0 Å². The summed E-state index contributed by atoms with van der Waals surface area (Å²) in [6, 6.07) is 8.27. The SMILES string of the molecule is C[C@@H]1OCCOCCn2c(c3c4cc(ccc42)-c2csc(n2)[C@@H](N2CC4(COC4)C2)[C@H](NC(=O)C24CC(C2)[C@H](C)O4)C(=O)N2N[C@H](C(=O)OCC(C)(C)C3)C3CC2C3)-c2cccnc21. The van der Waals surface area contributed by atoms with Crippen LogP contribution in [0.15, 0.2) is 41.9 Å². The molecule has 2 N–H and O–H groups in total. The molecule has 6 saturated heterocycles. The molecule has 1 aromatic carbocycles. The number of amides is 2. The maximum Gasteiger partial charge on any atom is 0.325 e. The van der Waals surface area contributed by atoms with E-state index < -0.39 is 29.1 Å². The molecule has 4 aromatic rings. The number of hydrogen-bond donors (Lipinski definition) is 2. The Morgan fingerprint density at radius 2 is 1.83 bits per heavy atom. The minimum Gasteiger partial charge on any atom is -0.464 e. The molecule has 10 bridgehead atoms. The minimum absolute atomic E-state index is 0.0145. The van der Waals surface area contributed by atoms with Crippen molar-refractivity contribution in [1.29, 1.82) is 0 Å².